The van der Waals surface area contributed by atoms with Crippen molar-refractivity contribution in [3.63, 3.8) is 0 Å². The summed E-state index contributed by atoms with van der Waals surface area (Å²) in [5, 5.41) is 41.4. The fraction of sp³-hybridized carbons (Fsp3) is 0.708. The molecule has 0 aromatic carbocycles. The van der Waals surface area contributed by atoms with E-state index in [4.69, 9.17) is 34.4 Å². The largest absolute Gasteiger partial charge is 0.480 e. The second-order valence-electron chi connectivity index (χ2n) is 20.0. The second-order valence-corrected chi connectivity index (χ2v) is 20.8. The van der Waals surface area contributed by atoms with E-state index in [2.05, 4.69) is 78.1 Å². The van der Waals surface area contributed by atoms with Crippen molar-refractivity contribution >= 4 is 108 Å². The van der Waals surface area contributed by atoms with Gasteiger partial charge in [-0.05, 0) is 76.2 Å². The van der Waals surface area contributed by atoms with Crippen LogP contribution in [0.5, 0.6) is 0 Å². The van der Waals surface area contributed by atoms with Crippen molar-refractivity contribution < 1.29 is 72.5 Å². The first-order chi connectivity index (χ1) is 38.5. The van der Waals surface area contributed by atoms with Crippen molar-refractivity contribution in [3.8, 4) is 0 Å². The Labute approximate surface area is 486 Å². The number of aliphatic hydroxyl groups is 1. The van der Waals surface area contributed by atoms with Crippen LogP contribution in [0.1, 0.15) is 98.3 Å². The van der Waals surface area contributed by atoms with Gasteiger partial charge in [0.15, 0.2) is 5.96 Å². The normalized spacial score (nSPS) is 16.2. The number of thiol groups is 2. The van der Waals surface area contributed by atoms with Gasteiger partial charge in [-0.3, -0.25) is 62.5 Å². The van der Waals surface area contributed by atoms with Crippen LogP contribution in [-0.4, -0.2) is 203 Å². The molecule has 34 heteroatoms. The fourth-order valence-corrected chi connectivity index (χ4v) is 8.44. The Bertz CT molecular complexity index is 2260. The molecule has 1 rings (SSSR count). The maximum atomic E-state index is 14.0. The molecule has 0 aliphatic carbocycles. The number of aliphatic hydroxyl groups excluding tert-OH is 1. The van der Waals surface area contributed by atoms with E-state index >= 15 is 0 Å². The third-order valence-corrected chi connectivity index (χ3v) is 13.5. The molecule has 464 valence electrons. The lowest BCUT2D eigenvalue weighted by molar-refractivity contribution is -0.141. The van der Waals surface area contributed by atoms with E-state index in [1.54, 1.807) is 27.7 Å². The summed E-state index contributed by atoms with van der Waals surface area (Å²) in [7, 11) is 0. The highest BCUT2D eigenvalue weighted by Crippen LogP contribution is 2.19. The van der Waals surface area contributed by atoms with Crippen molar-refractivity contribution in [2.24, 2.45) is 51.2 Å². The Hall–Kier alpha value is -7.04. The van der Waals surface area contributed by atoms with Gasteiger partial charge in [-0.1, -0.05) is 27.7 Å². The molecule has 32 nitrogen and oxygen atoms in total. The number of nitrogens with one attached hydrogen (secondary N) is 9. The molecule has 12 amide bonds. The molecule has 0 saturated carbocycles. The minimum Gasteiger partial charge on any atom is -0.480 e. The minimum absolute atomic E-state index is 0.0121. The van der Waals surface area contributed by atoms with E-state index in [0.29, 0.717) is 19.3 Å². The predicted octanol–water partition coefficient (Wildman–Crippen LogP) is -7.74. The highest BCUT2D eigenvalue weighted by atomic mass is 32.1. The van der Waals surface area contributed by atoms with E-state index in [9.17, 15) is 72.5 Å². The number of carboxylic acid groups (broad SMARTS) is 1. The van der Waals surface area contributed by atoms with Crippen LogP contribution in [0.2, 0.25) is 0 Å². The number of carbonyl (C=O) groups excluding carboxylic acids is 12. The van der Waals surface area contributed by atoms with Gasteiger partial charge in [0.2, 0.25) is 70.9 Å². The Morgan fingerprint density at radius 2 is 1.02 bits per heavy atom. The van der Waals surface area contributed by atoms with Crippen molar-refractivity contribution in [2.45, 2.75) is 159 Å². The predicted molar refractivity (Wildman–Crippen MR) is 303 cm³/mol. The summed E-state index contributed by atoms with van der Waals surface area (Å²) in [5.41, 5.74) is 32.9. The number of hydrogen-bond acceptors (Lipinski definition) is 19. The monoisotopic (exact) mass is 1200 g/mol. The number of carbonyl (C=O) groups is 13. The average Bonchev–Trinajstić information content (AvgIpc) is 3.95. The van der Waals surface area contributed by atoms with Crippen LogP contribution in [0.3, 0.4) is 0 Å². The molecule has 0 spiro atoms. The number of primary amides is 2. The highest BCUT2D eigenvalue weighted by molar-refractivity contribution is 7.80. The number of carboxylic acids is 1. The third kappa shape index (κ3) is 26.3. The first-order valence-corrected chi connectivity index (χ1v) is 27.9. The third-order valence-electron chi connectivity index (χ3n) is 12.7. The molecule has 1 saturated heterocycles. The Morgan fingerprint density at radius 3 is 1.48 bits per heavy atom. The number of aliphatic carboxylic acids is 1. The van der Waals surface area contributed by atoms with Gasteiger partial charge in [0, 0.05) is 37.4 Å². The Balaban J connectivity index is 3.34. The second kappa shape index (κ2) is 37.9. The standard InChI is InChI=1S/C48H85N17O15S2/c1-23(2)36(63-43(75)30(20-66)61-38(70)25(50)21-81)45(77)59-27(10-7-17-55-48(53)54)40(72)58-28(12-14-33(51)67)39(71)56-19-35(69)65-18-8-11-32(65)44(76)64-37(24(3)4)46(78)60-29(13-15-34(52)68)42(74)57-26(9-5-6-16-49)41(73)62-31(22-82)47(79)80/h23-32,36-37,66,81-82H,5-22,49-50H2,1-4H3,(H2,51,67)(H2,52,68)(H,56,71)(H,57,74)(H,58,72)(H,59,77)(H,60,78)(H,61,70)(H,62,73)(H,63,75)(H,64,76)(H,79,80)(H4,53,54,55)/t25-,26-,27-,28-,29-,30-,31-,32-,36-,37-/m0/s1. The molecule has 0 aromatic heterocycles. The van der Waals surface area contributed by atoms with Crippen LogP contribution >= 0.6 is 25.3 Å². The van der Waals surface area contributed by atoms with Gasteiger partial charge in [0.05, 0.1) is 19.2 Å². The van der Waals surface area contributed by atoms with Crippen LogP contribution in [0.15, 0.2) is 4.99 Å². The molecule has 1 heterocycles. The SMILES string of the molecule is CC(C)[C@H](NC(=O)[C@H](CO)NC(=O)[C@@H](N)CS)C(=O)N[C@@H](CCCN=C(N)N)C(=O)N[C@@H](CCC(N)=O)C(=O)NCC(=O)N1CCC[C@H]1C(=O)N[C@H](C(=O)N[C@@H](CCC(N)=O)C(=O)N[C@@H](CCCCN)C(=O)N[C@@H](CS)C(=O)O)C(C)C. The van der Waals surface area contributed by atoms with E-state index in [1.165, 1.54) is 0 Å². The highest BCUT2D eigenvalue weighted by Gasteiger charge is 2.39. The number of hydrogen-bond donors (Lipinski definition) is 19. The summed E-state index contributed by atoms with van der Waals surface area (Å²) in [5.74, 6) is -13.8. The van der Waals surface area contributed by atoms with Crippen LogP contribution < -0.4 is 82.3 Å². The summed E-state index contributed by atoms with van der Waals surface area (Å²) in [6, 6.07) is -13.7. The Kier molecular flexibility index (Phi) is 33.7. The van der Waals surface area contributed by atoms with Crippen LogP contribution in [-0.2, 0) is 62.3 Å². The fourth-order valence-electron chi connectivity index (χ4n) is 8.02. The zero-order chi connectivity index (χ0) is 62.4. The molecule has 0 radical (unpaired) electrons. The first kappa shape index (κ1) is 73.0. The summed E-state index contributed by atoms with van der Waals surface area (Å²) in [4.78, 5) is 176. The number of aliphatic imine (C=N–C) groups is 1. The van der Waals surface area contributed by atoms with Gasteiger partial charge in [0.1, 0.15) is 54.4 Å². The van der Waals surface area contributed by atoms with E-state index < -0.39 is 182 Å². The van der Waals surface area contributed by atoms with Gasteiger partial charge < -0.3 is 97.4 Å². The number of unbranched alkanes of at least 4 members (excludes halogenated alkanes) is 1. The molecule has 10 atom stereocenters. The average molecular weight is 1200 g/mol. The van der Waals surface area contributed by atoms with Gasteiger partial charge in [-0.2, -0.15) is 25.3 Å². The van der Waals surface area contributed by atoms with Crippen LogP contribution in [0.25, 0.3) is 0 Å². The minimum atomic E-state index is -1.55. The van der Waals surface area contributed by atoms with Crippen LogP contribution in [0, 0.1) is 11.8 Å². The molecule has 1 aliphatic heterocycles. The van der Waals surface area contributed by atoms with Gasteiger partial charge in [0.25, 0.3) is 0 Å². The van der Waals surface area contributed by atoms with Gasteiger partial charge in [-0.25, -0.2) is 4.79 Å². The molecule has 0 unspecified atom stereocenters. The maximum Gasteiger partial charge on any atom is 0.327 e. The van der Waals surface area contributed by atoms with Gasteiger partial charge in [-0.15, -0.1) is 0 Å². The number of amides is 12. The lowest BCUT2D eigenvalue weighted by atomic mass is 10.0. The topological polar surface area (TPSA) is 542 Å². The summed E-state index contributed by atoms with van der Waals surface area (Å²) >= 11 is 7.90. The van der Waals surface area contributed by atoms with Gasteiger partial charge >= 0.3 is 5.97 Å². The van der Waals surface area contributed by atoms with E-state index in [-0.39, 0.29) is 69.2 Å². The molecular formula is C48H85N17O15S2. The van der Waals surface area contributed by atoms with Crippen molar-refractivity contribution in [3.05, 3.63) is 0 Å². The number of nitrogens with zero attached hydrogens (tertiary/aromatic N) is 2. The molecule has 23 N–H and O–H groups in total. The van der Waals surface area contributed by atoms with Crippen LogP contribution in [0.4, 0.5) is 0 Å². The molecule has 0 bridgehead atoms. The zero-order valence-electron chi connectivity index (χ0n) is 46.6. The Morgan fingerprint density at radius 1 is 0.573 bits per heavy atom. The number of likely N-dealkylation sites (tertiary alicyclic amines) is 1. The van der Waals surface area contributed by atoms with E-state index in [0.717, 1.165) is 4.90 Å². The summed E-state index contributed by atoms with van der Waals surface area (Å²) < 4.78 is 0. The first-order valence-electron chi connectivity index (χ1n) is 26.7. The summed E-state index contributed by atoms with van der Waals surface area (Å²) in [6.45, 7) is 4.94. The lowest BCUT2D eigenvalue weighted by Crippen LogP contribution is -2.60. The lowest BCUT2D eigenvalue weighted by Gasteiger charge is -2.29. The number of rotatable bonds is 39. The van der Waals surface area contributed by atoms with Crippen molar-refractivity contribution in [1.29, 1.82) is 0 Å². The molecule has 1 fully saturated rings. The molecule has 0 aromatic rings. The molecule has 1 aliphatic rings. The summed E-state index contributed by atoms with van der Waals surface area (Å²) in [6.07, 6.45) is -0.412. The zero-order valence-corrected chi connectivity index (χ0v) is 48.4. The van der Waals surface area contributed by atoms with Crippen molar-refractivity contribution in [2.75, 3.05) is 44.3 Å². The number of nitrogens with two attached hydrogens (primary N) is 6. The smallest absolute Gasteiger partial charge is 0.327 e. The van der Waals surface area contributed by atoms with E-state index in [1.807, 2.05) is 0 Å². The maximum absolute atomic E-state index is 14.0. The number of guanidine groups is 1. The molecular weight excluding hydrogens is 1120 g/mol. The quantitative estimate of drug-likeness (QED) is 0.0118. The molecule has 82 heavy (non-hydrogen) atoms. The van der Waals surface area contributed by atoms with Crippen molar-refractivity contribution in [1.82, 2.24) is 52.8 Å².